The van der Waals surface area contributed by atoms with Gasteiger partial charge in [0.05, 0.1) is 0 Å². The van der Waals surface area contributed by atoms with Gasteiger partial charge in [-0.3, -0.25) is 0 Å². The van der Waals surface area contributed by atoms with Gasteiger partial charge in [0.1, 0.15) is 0 Å². The summed E-state index contributed by atoms with van der Waals surface area (Å²) in [5.74, 6) is -9.90. The fourth-order valence-corrected chi connectivity index (χ4v) is 10.4. The predicted octanol–water partition coefficient (Wildman–Crippen LogP) is 16.8. The van der Waals surface area contributed by atoms with E-state index in [4.69, 9.17) is 0 Å². The minimum Gasteiger partial charge on any atom is -0.504 e. The smallest absolute Gasteiger partial charge is 0.504 e. The molecule has 0 atom stereocenters. The Balaban J connectivity index is 0.000000316. The molecular weight excluding hydrogens is 1110 g/mol. The third-order valence-electron chi connectivity index (χ3n) is 12.4. The van der Waals surface area contributed by atoms with Crippen LogP contribution in [0.5, 0.6) is 17.2 Å². The van der Waals surface area contributed by atoms with E-state index in [1.54, 1.807) is 0 Å². The van der Waals surface area contributed by atoms with E-state index in [1.165, 1.54) is 31.2 Å². The third kappa shape index (κ3) is 16.5. The van der Waals surface area contributed by atoms with Gasteiger partial charge in [-0.15, -0.1) is 30.0 Å². The second kappa shape index (κ2) is 25.6. The van der Waals surface area contributed by atoms with Crippen LogP contribution in [0.2, 0.25) is 0 Å². The average Bonchev–Trinajstić information content (AvgIpc) is 3.29. The maximum Gasteiger partial charge on any atom is 0.573 e. The Morgan fingerprint density at radius 2 is 0.803 bits per heavy atom. The molecule has 2 fully saturated rings. The summed E-state index contributed by atoms with van der Waals surface area (Å²) in [4.78, 5) is 0. The van der Waals surface area contributed by atoms with E-state index in [0.29, 0.717) is 23.5 Å². The number of alkyl halides is 12. The highest BCUT2D eigenvalue weighted by atomic mass is 32.3. The van der Waals surface area contributed by atoms with Gasteiger partial charge >= 0.3 is 44.0 Å². The number of rotatable bonds is 12. The third-order valence-corrected chi connectivity index (χ3v) is 15.0. The Morgan fingerprint density at radius 1 is 0.474 bits per heavy atom. The number of halogens is 18. The lowest BCUT2D eigenvalue weighted by molar-refractivity contribution is -0.276. The predicted molar refractivity (Wildman–Crippen MR) is 240 cm³/mol. The van der Waals surface area contributed by atoms with Crippen molar-refractivity contribution in [2.75, 3.05) is 0 Å². The van der Waals surface area contributed by atoms with Gasteiger partial charge in [-0.05, 0) is 122 Å². The van der Waals surface area contributed by atoms with Crippen molar-refractivity contribution in [3.63, 3.8) is 0 Å². The molecule has 8 nitrogen and oxygen atoms in total. The highest BCUT2D eigenvalue weighted by Gasteiger charge is 2.57. The van der Waals surface area contributed by atoms with Gasteiger partial charge in [0.15, 0.2) is 46.3 Å². The van der Waals surface area contributed by atoms with Crippen LogP contribution in [-0.4, -0.2) is 45.7 Å². The van der Waals surface area contributed by atoms with Crippen LogP contribution in [0.3, 0.4) is 0 Å². The molecule has 0 heterocycles. The molecule has 0 aromatic heterocycles. The van der Waals surface area contributed by atoms with Crippen molar-refractivity contribution < 1.29 is 114 Å². The molecule has 0 radical (unpaired) electrons. The van der Waals surface area contributed by atoms with Crippen LogP contribution in [0, 0.1) is 53.7 Å². The molecule has 2 aliphatic carbocycles. The fraction of sp³-hybridized carbons (Fsp3) is 0.500. The monoisotopic (exact) mass is 1160 g/mol. The molecular formula is C48H50F18O8S2. The van der Waals surface area contributed by atoms with Gasteiger partial charge < -0.3 is 14.6 Å². The molecule has 76 heavy (non-hydrogen) atoms. The van der Waals surface area contributed by atoms with Gasteiger partial charge in [0.2, 0.25) is 5.82 Å². The maximum atomic E-state index is 14.9. The van der Waals surface area contributed by atoms with Crippen molar-refractivity contribution in [3.8, 4) is 39.5 Å². The molecule has 0 amide bonds. The zero-order chi connectivity index (χ0) is 56.8. The molecule has 0 saturated heterocycles. The van der Waals surface area contributed by atoms with Crippen LogP contribution in [-0.2, 0) is 23.9 Å². The molecule has 0 bridgehead atoms. The maximum absolute atomic E-state index is 14.9. The van der Waals surface area contributed by atoms with Crippen LogP contribution in [0.25, 0.3) is 22.3 Å². The molecule has 28 heteroatoms. The van der Waals surface area contributed by atoms with Crippen molar-refractivity contribution in [2.24, 2.45) is 11.8 Å². The summed E-state index contributed by atoms with van der Waals surface area (Å²) in [6, 6.07) is 8.83. The number of hydrogen-bond donors (Lipinski definition) is 1. The van der Waals surface area contributed by atoms with E-state index in [1.807, 2.05) is 3.63 Å². The van der Waals surface area contributed by atoms with Crippen LogP contribution >= 0.6 is 0 Å². The topological polar surface area (TPSA) is 116 Å². The highest BCUT2D eigenvalue weighted by molar-refractivity contribution is 8.00. The first kappa shape index (κ1) is 65.2. The summed E-state index contributed by atoms with van der Waals surface area (Å²) in [7, 11) is -13.7. The second-order valence-corrected chi connectivity index (χ2v) is 20.7. The SMILES string of the molecule is C.CCCC1CCC(c2ccc(-c3ccc(OC(F)(F)F)c(F)c3C)c(F)c2F)CC1.CCCC1CCC(c2ccc(-c3ccc(OC(F)(F)F)c(F)c3O)c(F)c2F)CC1.O=S(=O)(OS(=O)(=O)C(F)(F)F)C(F)(F)F. The first-order valence-corrected chi connectivity index (χ1v) is 25.4. The van der Waals surface area contributed by atoms with E-state index < -0.39 is 107 Å². The van der Waals surface area contributed by atoms with E-state index >= 15 is 0 Å². The number of phenols is 1. The van der Waals surface area contributed by atoms with Gasteiger partial charge in [-0.25, -0.2) is 22.0 Å². The Hall–Kier alpha value is -5.12. The lowest BCUT2D eigenvalue weighted by Gasteiger charge is -2.29. The molecule has 4 aromatic rings. The highest BCUT2D eigenvalue weighted by Crippen LogP contribution is 2.45. The molecule has 6 rings (SSSR count). The number of aromatic hydroxyl groups is 1. The van der Waals surface area contributed by atoms with Crippen molar-refractivity contribution >= 4 is 20.2 Å². The molecule has 1 N–H and O–H groups in total. The van der Waals surface area contributed by atoms with Crippen molar-refractivity contribution in [1.29, 1.82) is 0 Å². The molecule has 0 aliphatic heterocycles. The normalized spacial score (nSPS) is 18.6. The van der Waals surface area contributed by atoms with Crippen molar-refractivity contribution in [2.45, 2.75) is 141 Å². The zero-order valence-electron chi connectivity index (χ0n) is 39.3. The Bertz CT molecular complexity index is 2640. The van der Waals surface area contributed by atoms with E-state index in [-0.39, 0.29) is 41.5 Å². The minimum atomic E-state index is -6.85. The summed E-state index contributed by atoms with van der Waals surface area (Å²) in [5, 5.41) is 9.93. The molecule has 0 unspecified atom stereocenters. The number of phenolic OH excluding ortho intramolecular Hbond substituents is 1. The van der Waals surface area contributed by atoms with Crippen molar-refractivity contribution in [3.05, 3.63) is 100 Å². The average molecular weight is 1160 g/mol. The number of ether oxygens (including phenoxy) is 2. The number of hydrogen-bond acceptors (Lipinski definition) is 8. The zero-order valence-corrected chi connectivity index (χ0v) is 41.0. The Morgan fingerprint density at radius 3 is 1.14 bits per heavy atom. The standard InChI is InChI=1S/C23H24F6O.C22H22F6O2.C2F6O5S2.CH4/c1-3-4-14-5-7-15(8-6-14)17-9-10-18(22(26)21(17)25)16-11-12-19(20(24)13(16)2)30-23(27,28)29;1-2-3-12-4-6-13(7-5-12)14-8-9-15(19(24)18(14)23)16-10-11-17(20(25)21(16)29)30-22(26,27)28;3-1(4,5)14(9,10)13-15(11,12)2(6,7)8;/h9-12,14-15H,3-8H2,1-2H3;8-13,29H,2-7H2,1H3;;1H4. The van der Waals surface area contributed by atoms with E-state index in [2.05, 4.69) is 23.3 Å². The first-order valence-electron chi connectivity index (χ1n) is 22.6. The van der Waals surface area contributed by atoms with Gasteiger partial charge in [0, 0.05) is 16.7 Å². The molecule has 2 aliphatic rings. The molecule has 4 aromatic carbocycles. The van der Waals surface area contributed by atoms with Crippen LogP contribution in [0.15, 0.2) is 48.5 Å². The van der Waals surface area contributed by atoms with Crippen LogP contribution < -0.4 is 9.47 Å². The molecule has 428 valence electrons. The quantitative estimate of drug-likeness (QED) is 0.110. The van der Waals surface area contributed by atoms with Gasteiger partial charge in [0.25, 0.3) is 0 Å². The van der Waals surface area contributed by atoms with Gasteiger partial charge in [-0.1, -0.05) is 77.3 Å². The molecule has 2 saturated carbocycles. The molecule has 0 spiro atoms. The lowest BCUT2D eigenvalue weighted by Crippen LogP contribution is -2.34. The van der Waals surface area contributed by atoms with E-state index in [9.17, 15) is 101 Å². The summed E-state index contributed by atoms with van der Waals surface area (Å²) in [6.07, 6.45) is 1.12. The van der Waals surface area contributed by atoms with Crippen molar-refractivity contribution in [1.82, 2.24) is 0 Å². The lowest BCUT2D eigenvalue weighted by atomic mass is 9.77. The Kier molecular flexibility index (Phi) is 21.9. The van der Waals surface area contributed by atoms with Crippen LogP contribution in [0.1, 0.15) is 127 Å². The fourth-order valence-electron chi connectivity index (χ4n) is 8.83. The summed E-state index contributed by atoms with van der Waals surface area (Å²) < 4.78 is 279. The summed E-state index contributed by atoms with van der Waals surface area (Å²) in [6.45, 7) is 5.44. The summed E-state index contributed by atoms with van der Waals surface area (Å²) in [5.41, 5.74) is -13.3. The summed E-state index contributed by atoms with van der Waals surface area (Å²) >= 11 is 0. The minimum absolute atomic E-state index is 0. The largest absolute Gasteiger partial charge is 0.573 e. The number of benzene rings is 4. The van der Waals surface area contributed by atoms with Crippen LogP contribution in [0.4, 0.5) is 79.0 Å². The first-order chi connectivity index (χ1) is 34.4. The van der Waals surface area contributed by atoms with E-state index in [0.717, 1.165) is 95.2 Å². The second-order valence-electron chi connectivity index (χ2n) is 17.5. The Labute approximate surface area is 425 Å². The van der Waals surface area contributed by atoms with Gasteiger partial charge in [-0.2, -0.15) is 47.6 Å².